The monoisotopic (exact) mass is 320 g/mol. The number of carbonyl (C=O) groups is 1. The Morgan fingerprint density at radius 3 is 2.84 bits per heavy atom. The first-order chi connectivity index (χ1) is 9.16. The maximum absolute atomic E-state index is 11.9. The van der Waals surface area contributed by atoms with Gasteiger partial charge in [-0.2, -0.15) is 0 Å². The van der Waals surface area contributed by atoms with Crippen molar-refractivity contribution in [1.29, 1.82) is 0 Å². The molecule has 3 N–H and O–H groups in total. The van der Waals surface area contributed by atoms with E-state index < -0.39 is 0 Å². The third-order valence-electron chi connectivity index (χ3n) is 2.58. The number of aromatic nitrogens is 2. The molecule has 0 unspecified atom stereocenters. The molecular formula is C13H13BrN4O. The van der Waals surface area contributed by atoms with E-state index in [0.29, 0.717) is 12.1 Å². The SMILES string of the molecule is Nc1ncc(Br)cc1C(=O)NCCc1ccncc1. The highest BCUT2D eigenvalue weighted by molar-refractivity contribution is 9.10. The number of hydrogen-bond acceptors (Lipinski definition) is 4. The maximum Gasteiger partial charge on any atom is 0.255 e. The van der Waals surface area contributed by atoms with E-state index in [4.69, 9.17) is 5.73 Å². The van der Waals surface area contributed by atoms with Crippen molar-refractivity contribution in [2.75, 3.05) is 12.3 Å². The van der Waals surface area contributed by atoms with E-state index >= 15 is 0 Å². The molecule has 0 aliphatic heterocycles. The van der Waals surface area contributed by atoms with Crippen LogP contribution < -0.4 is 11.1 Å². The average Bonchev–Trinajstić information content (AvgIpc) is 2.42. The van der Waals surface area contributed by atoms with Crippen molar-refractivity contribution in [3.05, 3.63) is 52.4 Å². The second kappa shape index (κ2) is 6.29. The summed E-state index contributed by atoms with van der Waals surface area (Å²) in [6.45, 7) is 0.537. The van der Waals surface area contributed by atoms with E-state index in [1.54, 1.807) is 24.7 Å². The molecule has 2 heterocycles. The predicted octanol–water partition coefficient (Wildman–Crippen LogP) is 1.79. The van der Waals surface area contributed by atoms with E-state index in [9.17, 15) is 4.79 Å². The Bertz CT molecular complexity index is 574. The second-order valence-corrected chi connectivity index (χ2v) is 4.86. The molecule has 0 atom stereocenters. The van der Waals surface area contributed by atoms with Crippen molar-refractivity contribution < 1.29 is 4.79 Å². The summed E-state index contributed by atoms with van der Waals surface area (Å²) in [5.74, 6) is 0.00460. The number of hydrogen-bond donors (Lipinski definition) is 2. The van der Waals surface area contributed by atoms with E-state index in [0.717, 1.165) is 16.5 Å². The van der Waals surface area contributed by atoms with Crippen molar-refractivity contribution in [2.45, 2.75) is 6.42 Å². The van der Waals surface area contributed by atoms with Crippen LogP contribution in [0.25, 0.3) is 0 Å². The fraction of sp³-hybridized carbons (Fsp3) is 0.154. The Hall–Kier alpha value is -1.95. The summed E-state index contributed by atoms with van der Waals surface area (Å²) in [7, 11) is 0. The van der Waals surface area contributed by atoms with Gasteiger partial charge in [0, 0.05) is 29.6 Å². The van der Waals surface area contributed by atoms with Crippen molar-refractivity contribution >= 4 is 27.7 Å². The van der Waals surface area contributed by atoms with Gasteiger partial charge in [0.2, 0.25) is 0 Å². The number of rotatable bonds is 4. The molecule has 0 fully saturated rings. The largest absolute Gasteiger partial charge is 0.383 e. The average molecular weight is 321 g/mol. The normalized spacial score (nSPS) is 10.2. The summed E-state index contributed by atoms with van der Waals surface area (Å²) in [5.41, 5.74) is 7.17. The molecule has 0 bridgehead atoms. The number of carbonyl (C=O) groups excluding carboxylic acids is 1. The summed E-state index contributed by atoms with van der Waals surface area (Å²) in [6.07, 6.45) is 5.76. The molecule has 0 saturated carbocycles. The van der Waals surface area contributed by atoms with Gasteiger partial charge in [0.15, 0.2) is 0 Å². The zero-order chi connectivity index (χ0) is 13.7. The van der Waals surface area contributed by atoms with Gasteiger partial charge < -0.3 is 11.1 Å². The lowest BCUT2D eigenvalue weighted by molar-refractivity contribution is 0.0954. The maximum atomic E-state index is 11.9. The van der Waals surface area contributed by atoms with Gasteiger partial charge in [0.1, 0.15) is 5.82 Å². The van der Waals surface area contributed by atoms with Crippen LogP contribution in [-0.4, -0.2) is 22.4 Å². The molecule has 98 valence electrons. The summed E-state index contributed by atoms with van der Waals surface area (Å²) in [5, 5.41) is 2.82. The van der Waals surface area contributed by atoms with Crippen LogP contribution in [0.4, 0.5) is 5.82 Å². The highest BCUT2D eigenvalue weighted by Crippen LogP contribution is 2.15. The highest BCUT2D eigenvalue weighted by Gasteiger charge is 2.10. The van der Waals surface area contributed by atoms with Crippen LogP contribution in [0.3, 0.4) is 0 Å². The Balaban J connectivity index is 1.93. The summed E-state index contributed by atoms with van der Waals surface area (Å²) in [4.78, 5) is 19.8. The third-order valence-corrected chi connectivity index (χ3v) is 3.01. The van der Waals surface area contributed by atoms with Gasteiger partial charge in [-0.15, -0.1) is 0 Å². The molecule has 0 radical (unpaired) electrons. The second-order valence-electron chi connectivity index (χ2n) is 3.95. The Labute approximate surface area is 119 Å². The van der Waals surface area contributed by atoms with Crippen molar-refractivity contribution in [3.8, 4) is 0 Å². The summed E-state index contributed by atoms with van der Waals surface area (Å²) in [6, 6.07) is 5.49. The van der Waals surface area contributed by atoms with Crippen LogP contribution in [0.15, 0.2) is 41.3 Å². The molecule has 6 heteroatoms. The zero-order valence-electron chi connectivity index (χ0n) is 10.1. The zero-order valence-corrected chi connectivity index (χ0v) is 11.7. The van der Waals surface area contributed by atoms with Crippen LogP contribution in [-0.2, 0) is 6.42 Å². The van der Waals surface area contributed by atoms with Gasteiger partial charge in [0.25, 0.3) is 5.91 Å². The van der Waals surface area contributed by atoms with Gasteiger partial charge >= 0.3 is 0 Å². The first kappa shape index (κ1) is 13.5. The van der Waals surface area contributed by atoms with Gasteiger partial charge in [-0.1, -0.05) is 0 Å². The molecule has 2 rings (SSSR count). The predicted molar refractivity (Wildman–Crippen MR) is 76.6 cm³/mol. The molecule has 0 spiro atoms. The lowest BCUT2D eigenvalue weighted by atomic mass is 10.2. The van der Waals surface area contributed by atoms with Crippen LogP contribution >= 0.6 is 15.9 Å². The quantitative estimate of drug-likeness (QED) is 0.900. The fourth-order valence-electron chi connectivity index (χ4n) is 1.60. The summed E-state index contributed by atoms with van der Waals surface area (Å²) >= 11 is 3.26. The molecule has 19 heavy (non-hydrogen) atoms. The van der Waals surface area contributed by atoms with Crippen LogP contribution in [0.5, 0.6) is 0 Å². The molecule has 0 saturated heterocycles. The molecular weight excluding hydrogens is 308 g/mol. The summed E-state index contributed by atoms with van der Waals surface area (Å²) < 4.78 is 0.723. The molecule has 0 aromatic carbocycles. The van der Waals surface area contributed by atoms with Gasteiger partial charge in [0.05, 0.1) is 5.56 Å². The molecule has 2 aromatic heterocycles. The number of nitrogens with two attached hydrogens (primary N) is 1. The number of nitrogens with one attached hydrogen (secondary N) is 1. The Morgan fingerprint density at radius 1 is 1.37 bits per heavy atom. The van der Waals surface area contributed by atoms with Crippen molar-refractivity contribution in [1.82, 2.24) is 15.3 Å². The number of halogens is 1. The lowest BCUT2D eigenvalue weighted by Gasteiger charge is -2.07. The van der Waals surface area contributed by atoms with Crippen molar-refractivity contribution in [2.24, 2.45) is 0 Å². The first-order valence-electron chi connectivity index (χ1n) is 5.75. The molecule has 1 amide bonds. The van der Waals surface area contributed by atoms with Crippen LogP contribution in [0, 0.1) is 0 Å². The standard InChI is InChI=1S/C13H13BrN4O/c14-10-7-11(12(15)18-8-10)13(19)17-6-3-9-1-4-16-5-2-9/h1-2,4-5,7-8H,3,6H2,(H2,15,18)(H,17,19). The van der Waals surface area contributed by atoms with Crippen LogP contribution in [0.1, 0.15) is 15.9 Å². The molecule has 0 aliphatic rings. The number of nitrogens with zero attached hydrogens (tertiary/aromatic N) is 2. The van der Waals surface area contributed by atoms with E-state index in [1.165, 1.54) is 0 Å². The number of anilines is 1. The van der Waals surface area contributed by atoms with Crippen LogP contribution in [0.2, 0.25) is 0 Å². The third kappa shape index (κ3) is 3.75. The smallest absolute Gasteiger partial charge is 0.255 e. The minimum absolute atomic E-state index is 0.222. The van der Waals surface area contributed by atoms with Gasteiger partial charge in [-0.25, -0.2) is 4.98 Å². The Morgan fingerprint density at radius 2 is 2.11 bits per heavy atom. The van der Waals surface area contributed by atoms with Gasteiger partial charge in [-0.3, -0.25) is 9.78 Å². The van der Waals surface area contributed by atoms with E-state index in [1.807, 2.05) is 12.1 Å². The number of amides is 1. The number of nitrogen functional groups attached to an aromatic ring is 1. The van der Waals surface area contributed by atoms with E-state index in [-0.39, 0.29) is 11.7 Å². The Kier molecular flexibility index (Phi) is 4.46. The number of pyridine rings is 2. The van der Waals surface area contributed by atoms with Gasteiger partial charge in [-0.05, 0) is 46.1 Å². The molecule has 2 aromatic rings. The topological polar surface area (TPSA) is 80.9 Å². The highest BCUT2D eigenvalue weighted by atomic mass is 79.9. The first-order valence-corrected chi connectivity index (χ1v) is 6.54. The minimum atomic E-state index is -0.222. The minimum Gasteiger partial charge on any atom is -0.383 e. The van der Waals surface area contributed by atoms with Crippen molar-refractivity contribution in [3.63, 3.8) is 0 Å². The lowest BCUT2D eigenvalue weighted by Crippen LogP contribution is -2.26. The molecule has 0 aliphatic carbocycles. The molecule has 5 nitrogen and oxygen atoms in total. The fourth-order valence-corrected chi connectivity index (χ4v) is 1.93. The van der Waals surface area contributed by atoms with E-state index in [2.05, 4.69) is 31.2 Å².